The van der Waals surface area contributed by atoms with Crippen LogP contribution in [0.2, 0.25) is 0 Å². The quantitative estimate of drug-likeness (QED) is 0.876. The molecule has 2 unspecified atom stereocenters. The fraction of sp³-hybridized carbons (Fsp3) is 0.810. The van der Waals surface area contributed by atoms with Crippen LogP contribution in [-0.2, 0) is 11.3 Å². The molecule has 0 aliphatic heterocycles. The molecule has 1 N–H and O–H groups in total. The van der Waals surface area contributed by atoms with Gasteiger partial charge in [-0.3, -0.25) is 4.79 Å². The Hall–Kier alpha value is -0.940. The molecular formula is C21H30N2O2S. The molecule has 5 heteroatoms. The van der Waals surface area contributed by atoms with Crippen molar-refractivity contribution in [2.45, 2.75) is 83.8 Å². The first kappa shape index (κ1) is 17.2. The van der Waals surface area contributed by atoms with Crippen LogP contribution in [0.1, 0.15) is 68.4 Å². The molecule has 4 nitrogen and oxygen atoms in total. The maximum Gasteiger partial charge on any atom is 0.254 e. The number of aryl methyl sites for hydroxylation is 1. The maximum absolute atomic E-state index is 13.4. The Labute approximate surface area is 159 Å². The van der Waals surface area contributed by atoms with E-state index < -0.39 is 5.60 Å². The van der Waals surface area contributed by atoms with Gasteiger partial charge >= 0.3 is 0 Å². The zero-order valence-electron chi connectivity index (χ0n) is 16.0. The molecule has 0 radical (unpaired) electrons. The fourth-order valence-electron chi connectivity index (χ4n) is 6.50. The van der Waals surface area contributed by atoms with Gasteiger partial charge in [-0.1, -0.05) is 6.42 Å². The first-order chi connectivity index (χ1) is 12.4. The van der Waals surface area contributed by atoms with E-state index in [1.165, 1.54) is 36.3 Å². The Morgan fingerprint density at radius 2 is 1.92 bits per heavy atom. The number of hydrogen-bond acceptors (Lipinski definition) is 3. The number of amides is 1. The van der Waals surface area contributed by atoms with Crippen molar-refractivity contribution in [3.8, 4) is 0 Å². The van der Waals surface area contributed by atoms with E-state index >= 15 is 0 Å². The van der Waals surface area contributed by atoms with Gasteiger partial charge in [-0.25, -0.2) is 0 Å². The highest BCUT2D eigenvalue weighted by atomic mass is 32.1. The number of rotatable bonds is 3. The van der Waals surface area contributed by atoms with Crippen molar-refractivity contribution in [3.05, 3.63) is 15.4 Å². The largest absolute Gasteiger partial charge is 0.390 e. The molecule has 1 aromatic heterocycles. The molecule has 1 heterocycles. The summed E-state index contributed by atoms with van der Waals surface area (Å²) in [5.74, 6) is 1.84. The smallest absolute Gasteiger partial charge is 0.254 e. The molecule has 1 amide bonds. The zero-order valence-corrected chi connectivity index (χ0v) is 16.8. The number of thiazole rings is 1. The van der Waals surface area contributed by atoms with Crippen molar-refractivity contribution in [1.29, 1.82) is 0 Å². The standard InChI is InChI=1S/C21H30N2O2S/c1-13-14(2)26-19(23(13)11-15-4-3-5-15)22-18(24)20-7-16-6-17(8-20)10-21(25,9-16)12-20/h15-17,25H,3-12H2,1-2H3/b22-19-. The van der Waals surface area contributed by atoms with E-state index in [1.54, 1.807) is 11.3 Å². The predicted octanol–water partition coefficient (Wildman–Crippen LogP) is 3.73. The van der Waals surface area contributed by atoms with Crippen LogP contribution < -0.4 is 4.80 Å². The Morgan fingerprint density at radius 3 is 2.50 bits per heavy atom. The second kappa shape index (κ2) is 5.78. The summed E-state index contributed by atoms with van der Waals surface area (Å²) < 4.78 is 2.29. The van der Waals surface area contributed by atoms with E-state index in [1.807, 2.05) is 0 Å². The van der Waals surface area contributed by atoms with Crippen LogP contribution in [0.25, 0.3) is 0 Å². The van der Waals surface area contributed by atoms with Crippen molar-refractivity contribution < 1.29 is 9.90 Å². The van der Waals surface area contributed by atoms with Gasteiger partial charge in [0.1, 0.15) is 0 Å². The molecular weight excluding hydrogens is 344 g/mol. The van der Waals surface area contributed by atoms with Gasteiger partial charge in [0.25, 0.3) is 5.91 Å². The topological polar surface area (TPSA) is 54.6 Å². The number of aromatic nitrogens is 1. The summed E-state index contributed by atoms with van der Waals surface area (Å²) in [6, 6.07) is 0. The van der Waals surface area contributed by atoms with Gasteiger partial charge in [0.05, 0.1) is 11.0 Å². The van der Waals surface area contributed by atoms with Gasteiger partial charge in [-0.2, -0.15) is 4.99 Å². The number of aliphatic hydroxyl groups is 1. The lowest BCUT2D eigenvalue weighted by atomic mass is 9.47. The van der Waals surface area contributed by atoms with Crippen LogP contribution >= 0.6 is 11.3 Å². The zero-order chi connectivity index (χ0) is 18.1. The molecule has 5 aliphatic rings. The van der Waals surface area contributed by atoms with Gasteiger partial charge in [0.15, 0.2) is 4.80 Å². The van der Waals surface area contributed by atoms with Crippen molar-refractivity contribution in [2.75, 3.05) is 0 Å². The van der Waals surface area contributed by atoms with Crippen molar-refractivity contribution in [3.63, 3.8) is 0 Å². The summed E-state index contributed by atoms with van der Waals surface area (Å²) in [6.45, 7) is 5.29. The molecule has 142 valence electrons. The monoisotopic (exact) mass is 374 g/mol. The third kappa shape index (κ3) is 2.65. The van der Waals surface area contributed by atoms with Crippen molar-refractivity contribution in [1.82, 2.24) is 4.57 Å². The molecule has 5 fully saturated rings. The SMILES string of the molecule is Cc1s/c(=N\C(=O)C23CC4CC(CC(O)(C4)C2)C3)n(CC2CCC2)c1C. The average Bonchev–Trinajstić information content (AvgIpc) is 2.75. The molecule has 1 aromatic rings. The summed E-state index contributed by atoms with van der Waals surface area (Å²) in [5.41, 5.74) is 0.273. The number of carbonyl (C=O) groups is 1. The van der Waals surface area contributed by atoms with E-state index in [0.717, 1.165) is 42.9 Å². The van der Waals surface area contributed by atoms with Crippen molar-refractivity contribution in [2.24, 2.45) is 28.2 Å². The second-order valence-corrected chi connectivity index (χ2v) is 11.0. The van der Waals surface area contributed by atoms with E-state index in [9.17, 15) is 9.90 Å². The molecule has 5 saturated carbocycles. The minimum absolute atomic E-state index is 0.0497. The van der Waals surface area contributed by atoms with Crippen LogP contribution in [-0.4, -0.2) is 21.2 Å². The van der Waals surface area contributed by atoms with Gasteiger partial charge < -0.3 is 9.67 Å². The third-order valence-electron chi connectivity index (χ3n) is 7.74. The molecule has 6 rings (SSSR count). The summed E-state index contributed by atoms with van der Waals surface area (Å²) >= 11 is 1.66. The fourth-order valence-corrected chi connectivity index (χ4v) is 7.48. The predicted molar refractivity (Wildman–Crippen MR) is 102 cm³/mol. The van der Waals surface area contributed by atoms with Crippen molar-refractivity contribution >= 4 is 17.2 Å². The number of nitrogens with zero attached hydrogens (tertiary/aromatic N) is 2. The Balaban J connectivity index is 1.49. The molecule has 5 aliphatic carbocycles. The minimum atomic E-state index is -0.599. The summed E-state index contributed by atoms with van der Waals surface area (Å²) in [4.78, 5) is 20.2. The first-order valence-electron chi connectivity index (χ1n) is 10.3. The number of carbonyl (C=O) groups excluding carboxylic acids is 1. The Bertz CT molecular complexity index is 802. The Morgan fingerprint density at radius 1 is 1.23 bits per heavy atom. The molecule has 2 atom stereocenters. The molecule has 26 heavy (non-hydrogen) atoms. The first-order valence-corrected chi connectivity index (χ1v) is 11.2. The lowest BCUT2D eigenvalue weighted by Gasteiger charge is -2.58. The van der Waals surface area contributed by atoms with E-state index in [0.29, 0.717) is 18.3 Å². The van der Waals surface area contributed by atoms with Crippen LogP contribution in [0, 0.1) is 37.0 Å². The normalized spacial score (nSPS) is 39.4. The molecule has 0 saturated heterocycles. The highest BCUT2D eigenvalue weighted by Crippen LogP contribution is 2.61. The number of hydrogen-bond donors (Lipinski definition) is 1. The highest BCUT2D eigenvalue weighted by Gasteiger charge is 2.60. The highest BCUT2D eigenvalue weighted by molar-refractivity contribution is 7.09. The van der Waals surface area contributed by atoms with Crippen LogP contribution in [0.3, 0.4) is 0 Å². The van der Waals surface area contributed by atoms with Gasteiger partial charge in [-0.15, -0.1) is 11.3 Å². The third-order valence-corrected chi connectivity index (χ3v) is 8.83. The van der Waals surface area contributed by atoms with Crippen LogP contribution in [0.15, 0.2) is 4.99 Å². The van der Waals surface area contributed by atoms with E-state index in [2.05, 4.69) is 18.4 Å². The van der Waals surface area contributed by atoms with Gasteiger partial charge in [0, 0.05) is 17.1 Å². The van der Waals surface area contributed by atoms with E-state index in [4.69, 9.17) is 4.99 Å². The summed E-state index contributed by atoms with van der Waals surface area (Å²) in [6.07, 6.45) is 9.47. The lowest BCUT2D eigenvalue weighted by Crippen LogP contribution is -2.58. The summed E-state index contributed by atoms with van der Waals surface area (Å²) in [5, 5.41) is 10.9. The molecule has 4 bridgehead atoms. The van der Waals surface area contributed by atoms with E-state index in [-0.39, 0.29) is 11.3 Å². The molecule has 0 spiro atoms. The van der Waals surface area contributed by atoms with Crippen LogP contribution in [0.5, 0.6) is 0 Å². The minimum Gasteiger partial charge on any atom is -0.390 e. The van der Waals surface area contributed by atoms with Gasteiger partial charge in [-0.05, 0) is 83.0 Å². The summed E-state index contributed by atoms with van der Waals surface area (Å²) in [7, 11) is 0. The lowest BCUT2D eigenvalue weighted by molar-refractivity contribution is -0.175. The molecule has 0 aromatic carbocycles. The second-order valence-electron chi connectivity index (χ2n) is 9.82. The Kier molecular flexibility index (Phi) is 3.82. The van der Waals surface area contributed by atoms with Gasteiger partial charge in [0.2, 0.25) is 0 Å². The van der Waals surface area contributed by atoms with Crippen LogP contribution in [0.4, 0.5) is 0 Å². The average molecular weight is 375 g/mol. The maximum atomic E-state index is 13.4.